The Morgan fingerprint density at radius 1 is 1.00 bits per heavy atom. The molecule has 0 bridgehead atoms. The van der Waals surface area contributed by atoms with Crippen molar-refractivity contribution in [2.75, 3.05) is 7.11 Å². The number of aromatic nitrogens is 3. The molecule has 0 aliphatic rings. The lowest BCUT2D eigenvalue weighted by atomic mass is 10.1. The van der Waals surface area contributed by atoms with Gasteiger partial charge >= 0.3 is 0 Å². The van der Waals surface area contributed by atoms with Gasteiger partial charge in [0.25, 0.3) is 0 Å². The molecule has 4 nitrogen and oxygen atoms in total. The molecule has 0 radical (unpaired) electrons. The smallest absolute Gasteiger partial charge is 0.120 e. The van der Waals surface area contributed by atoms with E-state index in [1.165, 1.54) is 0 Å². The second-order valence-electron chi connectivity index (χ2n) is 4.75. The number of rotatable bonds is 2. The van der Waals surface area contributed by atoms with Crippen LogP contribution in [0.25, 0.3) is 33.2 Å². The molecule has 0 fully saturated rings. The van der Waals surface area contributed by atoms with E-state index in [1.807, 2.05) is 36.4 Å². The second-order valence-corrected chi connectivity index (χ2v) is 4.75. The molecule has 0 saturated carbocycles. The predicted molar refractivity (Wildman–Crippen MR) is 79.9 cm³/mol. The van der Waals surface area contributed by atoms with Crippen LogP contribution in [0.2, 0.25) is 0 Å². The molecule has 2 N–H and O–H groups in total. The number of hydrogen-bond acceptors (Lipinski definition) is 2. The Morgan fingerprint density at radius 3 is 2.80 bits per heavy atom. The summed E-state index contributed by atoms with van der Waals surface area (Å²) in [6.07, 6.45) is 0. The number of ether oxygens (including phenoxy) is 1. The molecule has 0 aliphatic heterocycles. The van der Waals surface area contributed by atoms with Crippen molar-refractivity contribution in [3.63, 3.8) is 0 Å². The molecule has 4 heteroatoms. The maximum Gasteiger partial charge on any atom is 0.120 e. The molecular weight excluding hydrogens is 250 g/mol. The van der Waals surface area contributed by atoms with Gasteiger partial charge in [0.2, 0.25) is 0 Å². The Morgan fingerprint density at radius 2 is 1.90 bits per heavy atom. The van der Waals surface area contributed by atoms with E-state index < -0.39 is 0 Å². The lowest BCUT2D eigenvalue weighted by Crippen LogP contribution is -1.81. The largest absolute Gasteiger partial charge is 0.497 e. The minimum absolute atomic E-state index is 0.845. The van der Waals surface area contributed by atoms with E-state index in [4.69, 9.17) is 4.74 Å². The van der Waals surface area contributed by atoms with Crippen LogP contribution in [0.3, 0.4) is 0 Å². The maximum atomic E-state index is 5.25. The van der Waals surface area contributed by atoms with Gasteiger partial charge in [-0.1, -0.05) is 18.2 Å². The number of fused-ring (bicyclic) bond motifs is 2. The Balaban J connectivity index is 1.93. The van der Waals surface area contributed by atoms with Crippen LogP contribution >= 0.6 is 0 Å². The van der Waals surface area contributed by atoms with Gasteiger partial charge < -0.3 is 9.72 Å². The minimum atomic E-state index is 0.845. The second kappa shape index (κ2) is 4.13. The molecule has 98 valence electrons. The van der Waals surface area contributed by atoms with E-state index in [-0.39, 0.29) is 0 Å². The van der Waals surface area contributed by atoms with Crippen LogP contribution in [0.15, 0.2) is 48.5 Å². The number of aromatic amines is 2. The molecule has 0 spiro atoms. The van der Waals surface area contributed by atoms with Crippen molar-refractivity contribution in [2.45, 2.75) is 0 Å². The zero-order valence-electron chi connectivity index (χ0n) is 11.0. The van der Waals surface area contributed by atoms with Crippen molar-refractivity contribution in [3.8, 4) is 17.1 Å². The lowest BCUT2D eigenvalue weighted by Gasteiger charge is -1.97. The van der Waals surface area contributed by atoms with Gasteiger partial charge in [-0.3, -0.25) is 5.10 Å². The van der Waals surface area contributed by atoms with Gasteiger partial charge in [-0.15, -0.1) is 0 Å². The van der Waals surface area contributed by atoms with Crippen LogP contribution < -0.4 is 4.74 Å². The summed E-state index contributed by atoms with van der Waals surface area (Å²) < 4.78 is 5.25. The van der Waals surface area contributed by atoms with Crippen LogP contribution in [0.4, 0.5) is 0 Å². The molecule has 0 atom stereocenters. The first-order valence-electron chi connectivity index (χ1n) is 6.45. The summed E-state index contributed by atoms with van der Waals surface area (Å²) >= 11 is 0. The molecule has 2 aromatic carbocycles. The van der Waals surface area contributed by atoms with Gasteiger partial charge in [-0.2, -0.15) is 5.10 Å². The van der Waals surface area contributed by atoms with Crippen molar-refractivity contribution in [1.82, 2.24) is 15.2 Å². The molecule has 0 saturated heterocycles. The van der Waals surface area contributed by atoms with Crippen LogP contribution in [0, 0.1) is 0 Å². The lowest BCUT2D eigenvalue weighted by molar-refractivity contribution is 0.415. The van der Waals surface area contributed by atoms with Crippen LogP contribution in [0.5, 0.6) is 5.75 Å². The quantitative estimate of drug-likeness (QED) is 0.579. The number of hydrogen-bond donors (Lipinski definition) is 2. The number of H-pyrrole nitrogens is 2. The van der Waals surface area contributed by atoms with Gasteiger partial charge in [0.05, 0.1) is 18.3 Å². The third-order valence-electron chi connectivity index (χ3n) is 3.56. The summed E-state index contributed by atoms with van der Waals surface area (Å²) in [6.45, 7) is 0. The van der Waals surface area contributed by atoms with Crippen molar-refractivity contribution in [2.24, 2.45) is 0 Å². The normalized spacial score (nSPS) is 11.2. The molecule has 2 heterocycles. The highest BCUT2D eigenvalue weighted by Crippen LogP contribution is 2.29. The van der Waals surface area contributed by atoms with E-state index >= 15 is 0 Å². The fourth-order valence-corrected chi connectivity index (χ4v) is 2.53. The Hall–Kier alpha value is -2.75. The highest BCUT2D eigenvalue weighted by Gasteiger charge is 2.10. The molecule has 4 rings (SSSR count). The van der Waals surface area contributed by atoms with E-state index in [0.717, 1.165) is 38.9 Å². The van der Waals surface area contributed by atoms with E-state index in [1.54, 1.807) is 7.11 Å². The van der Waals surface area contributed by atoms with Crippen LogP contribution in [-0.4, -0.2) is 22.3 Å². The van der Waals surface area contributed by atoms with E-state index in [9.17, 15) is 0 Å². The summed E-state index contributed by atoms with van der Waals surface area (Å²) in [4.78, 5) is 3.40. The Kier molecular flexibility index (Phi) is 2.29. The number of nitrogens with one attached hydrogen (secondary N) is 2. The molecule has 0 aliphatic carbocycles. The zero-order chi connectivity index (χ0) is 13.5. The van der Waals surface area contributed by atoms with Crippen molar-refractivity contribution < 1.29 is 4.74 Å². The molecule has 0 unspecified atom stereocenters. The van der Waals surface area contributed by atoms with Gasteiger partial charge in [0.1, 0.15) is 11.4 Å². The molecule has 20 heavy (non-hydrogen) atoms. The van der Waals surface area contributed by atoms with Crippen molar-refractivity contribution in [3.05, 3.63) is 48.5 Å². The SMILES string of the molecule is COc1ccc2cc(-c3n[nH]c4ccccc34)[nH]c2c1. The average Bonchev–Trinajstić information content (AvgIpc) is 3.09. The molecule has 2 aromatic heterocycles. The maximum absolute atomic E-state index is 5.25. The third kappa shape index (κ3) is 1.58. The van der Waals surface area contributed by atoms with Crippen molar-refractivity contribution in [1.29, 1.82) is 0 Å². The fraction of sp³-hybridized carbons (Fsp3) is 0.0625. The average molecular weight is 263 g/mol. The van der Waals surface area contributed by atoms with Gasteiger partial charge in [-0.05, 0) is 24.3 Å². The summed E-state index contributed by atoms with van der Waals surface area (Å²) in [7, 11) is 1.67. The number of para-hydroxylation sites is 1. The standard InChI is InChI=1S/C16H13N3O/c1-20-11-7-6-10-8-15(17-14(10)9-11)16-12-4-2-3-5-13(12)18-19-16/h2-9,17H,1H3,(H,18,19). The summed E-state index contributed by atoms with van der Waals surface area (Å²) in [5.41, 5.74) is 4.03. The topological polar surface area (TPSA) is 53.7 Å². The minimum Gasteiger partial charge on any atom is -0.497 e. The first kappa shape index (κ1) is 11.1. The molecule has 4 aromatic rings. The molecular formula is C16H13N3O. The van der Waals surface area contributed by atoms with E-state index in [2.05, 4.69) is 27.3 Å². The highest BCUT2D eigenvalue weighted by atomic mass is 16.5. The van der Waals surface area contributed by atoms with Crippen molar-refractivity contribution >= 4 is 21.8 Å². The Bertz CT molecular complexity index is 904. The predicted octanol–water partition coefficient (Wildman–Crippen LogP) is 3.72. The summed E-state index contributed by atoms with van der Waals surface area (Å²) in [5, 5.41) is 9.74. The summed E-state index contributed by atoms with van der Waals surface area (Å²) in [6, 6.07) is 16.2. The fourth-order valence-electron chi connectivity index (χ4n) is 2.53. The zero-order valence-corrected chi connectivity index (χ0v) is 11.0. The van der Waals surface area contributed by atoms with Gasteiger partial charge in [-0.25, -0.2) is 0 Å². The molecule has 0 amide bonds. The number of benzene rings is 2. The van der Waals surface area contributed by atoms with Crippen LogP contribution in [-0.2, 0) is 0 Å². The van der Waals surface area contributed by atoms with Gasteiger partial charge in [0.15, 0.2) is 0 Å². The summed E-state index contributed by atoms with van der Waals surface area (Å²) in [5.74, 6) is 0.845. The number of nitrogens with zero attached hydrogens (tertiary/aromatic N) is 1. The first-order chi connectivity index (χ1) is 9.85. The van der Waals surface area contributed by atoms with Gasteiger partial charge in [0, 0.05) is 22.4 Å². The monoisotopic (exact) mass is 263 g/mol. The third-order valence-corrected chi connectivity index (χ3v) is 3.56. The first-order valence-corrected chi connectivity index (χ1v) is 6.45. The van der Waals surface area contributed by atoms with Crippen LogP contribution in [0.1, 0.15) is 0 Å². The number of methoxy groups -OCH3 is 1. The highest BCUT2D eigenvalue weighted by molar-refractivity contribution is 5.95. The Labute approximate surface area is 115 Å². The van der Waals surface area contributed by atoms with E-state index in [0.29, 0.717) is 0 Å².